The first-order valence-corrected chi connectivity index (χ1v) is 7.95. The Morgan fingerprint density at radius 2 is 1.92 bits per heavy atom. The van der Waals surface area contributed by atoms with E-state index in [1.54, 1.807) is 42.5 Å². The lowest BCUT2D eigenvalue weighted by atomic mass is 10.2. The summed E-state index contributed by atoms with van der Waals surface area (Å²) in [5, 5.41) is 13.4. The molecule has 7 nitrogen and oxygen atoms in total. The van der Waals surface area contributed by atoms with Gasteiger partial charge in [0.25, 0.3) is 5.91 Å². The molecule has 2 aromatic carbocycles. The fourth-order valence-corrected chi connectivity index (χ4v) is 2.10. The van der Waals surface area contributed by atoms with Gasteiger partial charge in [-0.05, 0) is 43.3 Å². The average molecular weight is 377 g/mol. The molecule has 8 heteroatoms. The molecule has 0 radical (unpaired) electrons. The van der Waals surface area contributed by atoms with Crippen LogP contribution in [0.4, 0.5) is 0 Å². The second-order valence-corrected chi connectivity index (χ2v) is 5.62. The van der Waals surface area contributed by atoms with Gasteiger partial charge in [-0.1, -0.05) is 17.7 Å². The van der Waals surface area contributed by atoms with Gasteiger partial charge >= 0.3 is 5.97 Å². The summed E-state index contributed by atoms with van der Waals surface area (Å²) < 4.78 is 10.6. The third kappa shape index (κ3) is 4.97. The first kappa shape index (κ1) is 19.3. The summed E-state index contributed by atoms with van der Waals surface area (Å²) in [6.45, 7) is 1.40. The van der Waals surface area contributed by atoms with Crippen LogP contribution < -0.4 is 14.9 Å². The van der Waals surface area contributed by atoms with Crippen molar-refractivity contribution >= 4 is 29.7 Å². The van der Waals surface area contributed by atoms with E-state index in [4.69, 9.17) is 26.2 Å². The molecule has 0 aliphatic rings. The molecule has 0 heterocycles. The van der Waals surface area contributed by atoms with Crippen LogP contribution in [0, 0.1) is 0 Å². The molecule has 0 saturated heterocycles. The van der Waals surface area contributed by atoms with Gasteiger partial charge < -0.3 is 14.6 Å². The lowest BCUT2D eigenvalue weighted by Gasteiger charge is -2.15. The molecule has 136 valence electrons. The minimum atomic E-state index is -1.12. The SMILES string of the molecule is COc1cccc(/C=N\NC(=O)c2ccc(Cl)cc2)c1O[C@@H](C)C(=O)O. The molecular formula is C18H17ClN2O5. The number of hydrogen-bond acceptors (Lipinski definition) is 5. The topological polar surface area (TPSA) is 97.2 Å². The van der Waals surface area contributed by atoms with E-state index in [0.29, 0.717) is 21.9 Å². The number of amides is 1. The number of ether oxygens (including phenoxy) is 2. The first-order valence-electron chi connectivity index (χ1n) is 7.57. The van der Waals surface area contributed by atoms with E-state index in [0.717, 1.165) is 0 Å². The Hall–Kier alpha value is -3.06. The molecule has 0 aliphatic heterocycles. The van der Waals surface area contributed by atoms with Gasteiger partial charge in [-0.15, -0.1) is 0 Å². The fourth-order valence-electron chi connectivity index (χ4n) is 1.97. The molecule has 0 aromatic heterocycles. The number of para-hydroxylation sites is 1. The second-order valence-electron chi connectivity index (χ2n) is 5.18. The molecular weight excluding hydrogens is 360 g/mol. The predicted octanol–water partition coefficient (Wildman–Crippen LogP) is 2.96. The summed E-state index contributed by atoms with van der Waals surface area (Å²) in [5.41, 5.74) is 3.23. The number of carbonyl (C=O) groups is 2. The van der Waals surface area contributed by atoms with Crippen LogP contribution in [0.1, 0.15) is 22.8 Å². The van der Waals surface area contributed by atoms with E-state index in [2.05, 4.69) is 10.5 Å². The summed E-state index contributed by atoms with van der Waals surface area (Å²) in [7, 11) is 1.44. The lowest BCUT2D eigenvalue weighted by molar-refractivity contribution is -0.144. The van der Waals surface area contributed by atoms with Gasteiger partial charge in [0.2, 0.25) is 0 Å². The van der Waals surface area contributed by atoms with Crippen LogP contribution in [-0.4, -0.2) is 36.4 Å². The van der Waals surface area contributed by atoms with Crippen molar-refractivity contribution < 1.29 is 24.2 Å². The van der Waals surface area contributed by atoms with E-state index in [1.165, 1.54) is 20.2 Å². The molecule has 0 fully saturated rings. The highest BCUT2D eigenvalue weighted by Crippen LogP contribution is 2.31. The van der Waals surface area contributed by atoms with Crippen molar-refractivity contribution in [3.8, 4) is 11.5 Å². The molecule has 26 heavy (non-hydrogen) atoms. The summed E-state index contributed by atoms with van der Waals surface area (Å²) in [5.74, 6) is -0.961. The fraction of sp³-hybridized carbons (Fsp3) is 0.167. The van der Waals surface area contributed by atoms with E-state index >= 15 is 0 Å². The number of rotatable bonds is 7. The second kappa shape index (κ2) is 8.87. The van der Waals surface area contributed by atoms with Crippen LogP contribution in [-0.2, 0) is 4.79 Å². The number of methoxy groups -OCH3 is 1. The summed E-state index contributed by atoms with van der Waals surface area (Å²) in [6.07, 6.45) is 0.266. The number of carboxylic acids is 1. The maximum atomic E-state index is 12.0. The molecule has 0 unspecified atom stereocenters. The minimum Gasteiger partial charge on any atom is -0.493 e. The van der Waals surface area contributed by atoms with Gasteiger partial charge in [0.15, 0.2) is 17.6 Å². The zero-order chi connectivity index (χ0) is 19.1. The smallest absolute Gasteiger partial charge is 0.344 e. The molecule has 2 rings (SSSR count). The van der Waals surface area contributed by atoms with Crippen LogP contribution in [0.25, 0.3) is 0 Å². The highest BCUT2D eigenvalue weighted by atomic mass is 35.5. The molecule has 1 amide bonds. The number of hydrazone groups is 1. The zero-order valence-corrected chi connectivity index (χ0v) is 14.9. The van der Waals surface area contributed by atoms with E-state index in [9.17, 15) is 9.59 Å². The molecule has 2 N–H and O–H groups in total. The van der Waals surface area contributed by atoms with Crippen molar-refractivity contribution in [1.82, 2.24) is 5.43 Å². The van der Waals surface area contributed by atoms with Crippen molar-refractivity contribution in [3.05, 3.63) is 58.6 Å². The third-order valence-corrected chi connectivity index (χ3v) is 3.60. The minimum absolute atomic E-state index is 0.217. The lowest BCUT2D eigenvalue weighted by Crippen LogP contribution is -2.24. The van der Waals surface area contributed by atoms with Crippen molar-refractivity contribution in [2.24, 2.45) is 5.10 Å². The molecule has 0 bridgehead atoms. The number of halogens is 1. The van der Waals surface area contributed by atoms with Crippen molar-refractivity contribution in [2.75, 3.05) is 7.11 Å². The number of hydrogen-bond donors (Lipinski definition) is 2. The zero-order valence-electron chi connectivity index (χ0n) is 14.1. The highest BCUT2D eigenvalue weighted by molar-refractivity contribution is 6.30. The van der Waals surface area contributed by atoms with Crippen molar-refractivity contribution in [3.63, 3.8) is 0 Å². The van der Waals surface area contributed by atoms with E-state index in [1.807, 2.05) is 0 Å². The first-order chi connectivity index (χ1) is 12.4. The Labute approximate surface area is 155 Å². The number of aliphatic carboxylic acids is 1. The van der Waals surface area contributed by atoms with Gasteiger partial charge in [-0.25, -0.2) is 10.2 Å². The number of nitrogens with one attached hydrogen (secondary N) is 1. The molecule has 0 spiro atoms. The summed E-state index contributed by atoms with van der Waals surface area (Å²) in [4.78, 5) is 23.1. The van der Waals surface area contributed by atoms with Crippen molar-refractivity contribution in [2.45, 2.75) is 13.0 Å². The van der Waals surface area contributed by atoms with Crippen molar-refractivity contribution in [1.29, 1.82) is 0 Å². The molecule has 1 atom stereocenters. The quantitative estimate of drug-likeness (QED) is 0.572. The number of nitrogens with zero attached hydrogens (tertiary/aromatic N) is 1. The predicted molar refractivity (Wildman–Crippen MR) is 97.2 cm³/mol. The number of carboxylic acid groups (broad SMARTS) is 1. The maximum Gasteiger partial charge on any atom is 0.344 e. The van der Waals surface area contributed by atoms with Gasteiger partial charge in [-0.2, -0.15) is 5.10 Å². The van der Waals surface area contributed by atoms with Gasteiger partial charge in [0.1, 0.15) is 0 Å². The Morgan fingerprint density at radius 3 is 2.54 bits per heavy atom. The Bertz CT molecular complexity index is 821. The van der Waals surface area contributed by atoms with Gasteiger partial charge in [0, 0.05) is 16.1 Å². The number of benzene rings is 2. The Balaban J connectivity index is 2.17. The molecule has 0 aliphatic carbocycles. The summed E-state index contributed by atoms with van der Waals surface area (Å²) >= 11 is 5.78. The highest BCUT2D eigenvalue weighted by Gasteiger charge is 2.18. The molecule has 2 aromatic rings. The normalized spacial score (nSPS) is 11.8. The molecule has 0 saturated carbocycles. The van der Waals surface area contributed by atoms with E-state index in [-0.39, 0.29) is 5.75 Å². The Kier molecular flexibility index (Phi) is 6.57. The van der Waals surface area contributed by atoms with Crippen LogP contribution >= 0.6 is 11.6 Å². The van der Waals surface area contributed by atoms with Crippen LogP contribution in [0.2, 0.25) is 5.02 Å². The maximum absolute atomic E-state index is 12.0. The average Bonchev–Trinajstić information content (AvgIpc) is 2.63. The largest absolute Gasteiger partial charge is 0.493 e. The summed E-state index contributed by atoms with van der Waals surface area (Å²) in [6, 6.07) is 11.3. The Morgan fingerprint density at radius 1 is 1.23 bits per heavy atom. The van der Waals surface area contributed by atoms with Gasteiger partial charge in [-0.3, -0.25) is 4.79 Å². The van der Waals surface area contributed by atoms with E-state index < -0.39 is 18.0 Å². The third-order valence-electron chi connectivity index (χ3n) is 3.35. The van der Waals surface area contributed by atoms with Crippen LogP contribution in [0.15, 0.2) is 47.6 Å². The van der Waals surface area contributed by atoms with Gasteiger partial charge in [0.05, 0.1) is 13.3 Å². The standard InChI is InChI=1S/C18H17ClN2O5/c1-11(18(23)24)26-16-13(4-3-5-15(16)25-2)10-20-21-17(22)12-6-8-14(19)9-7-12/h3-11H,1-2H3,(H,21,22)(H,23,24)/b20-10-/t11-/m0/s1. The van der Waals surface area contributed by atoms with Crippen LogP contribution in [0.3, 0.4) is 0 Å². The van der Waals surface area contributed by atoms with Crippen LogP contribution in [0.5, 0.6) is 11.5 Å². The number of carbonyl (C=O) groups excluding carboxylic acids is 1. The monoisotopic (exact) mass is 376 g/mol.